The molecule has 8 heteroatoms. The first-order chi connectivity index (χ1) is 21.1. The molecular weight excluding hydrogens is 552 g/mol. The van der Waals surface area contributed by atoms with Crippen LogP contribution in [0.4, 0.5) is 0 Å². The molecule has 3 aromatic heterocycles. The number of aromatic nitrogens is 4. The van der Waals surface area contributed by atoms with Gasteiger partial charge < -0.3 is 19.8 Å². The molecule has 0 aromatic carbocycles. The Morgan fingerprint density at radius 3 is 2.09 bits per heavy atom. The van der Waals surface area contributed by atoms with Gasteiger partial charge in [-0.3, -0.25) is 9.59 Å². The van der Waals surface area contributed by atoms with Crippen LogP contribution in [-0.4, -0.2) is 43.6 Å². The number of carbonyl (C=O) groups is 2. The lowest BCUT2D eigenvalue weighted by Crippen LogP contribution is -2.05. The van der Waals surface area contributed by atoms with E-state index in [2.05, 4.69) is 23.1 Å². The summed E-state index contributed by atoms with van der Waals surface area (Å²) in [6.45, 7) is 18.3. The Balaban J connectivity index is 1.90. The number of esters is 1. The predicted molar refractivity (Wildman–Crippen MR) is 178 cm³/mol. The van der Waals surface area contributed by atoms with E-state index in [1.54, 1.807) is 6.92 Å². The third kappa shape index (κ3) is 5.67. The summed E-state index contributed by atoms with van der Waals surface area (Å²) < 4.78 is 5.21. The minimum absolute atomic E-state index is 0.0129. The van der Waals surface area contributed by atoms with Crippen molar-refractivity contribution in [3.8, 4) is 0 Å². The monoisotopic (exact) mass is 590 g/mol. The minimum Gasteiger partial charge on any atom is -0.481 e. The van der Waals surface area contributed by atoms with E-state index < -0.39 is 5.97 Å². The van der Waals surface area contributed by atoms with Crippen LogP contribution >= 0.6 is 0 Å². The molecule has 0 fully saturated rings. The number of aryl methyl sites for hydroxylation is 3. The van der Waals surface area contributed by atoms with E-state index in [4.69, 9.17) is 14.7 Å². The minimum atomic E-state index is -0.867. The first kappa shape index (κ1) is 30.5. The summed E-state index contributed by atoms with van der Waals surface area (Å²) in [4.78, 5) is 41.1. The second-order valence-electron chi connectivity index (χ2n) is 11.1. The number of H-pyrrole nitrogens is 2. The van der Waals surface area contributed by atoms with Gasteiger partial charge in [-0.2, -0.15) is 0 Å². The predicted octanol–water partition coefficient (Wildman–Crippen LogP) is 7.98. The molecular formula is C36H38N4O4. The first-order valence-corrected chi connectivity index (χ1v) is 14.8. The fraction of sp³-hybridized carbons (Fsp3) is 0.278. The van der Waals surface area contributed by atoms with Gasteiger partial charge in [0.2, 0.25) is 0 Å². The van der Waals surface area contributed by atoms with Crippen LogP contribution in [0.5, 0.6) is 0 Å². The number of hydrogen-bond acceptors (Lipinski definition) is 5. The topological polar surface area (TPSA) is 121 Å². The molecule has 3 aromatic rings. The van der Waals surface area contributed by atoms with Gasteiger partial charge in [0, 0.05) is 46.0 Å². The summed E-state index contributed by atoms with van der Waals surface area (Å²) in [6, 6.07) is 8.03. The van der Waals surface area contributed by atoms with Gasteiger partial charge in [0.15, 0.2) is 0 Å². The number of ether oxygens (including phenoxy) is 1. The SMILES string of the molecule is C=CC1=C(C)c2cc3[nH]c(cc4nc(cc5[nH]c(cc1n2)c(C)c5CCC(=O)OCC)C(CCC(=O)O)=C4C)c(C)c3C=C. The van der Waals surface area contributed by atoms with E-state index in [-0.39, 0.29) is 18.8 Å². The molecule has 0 aliphatic carbocycles. The Morgan fingerprint density at radius 2 is 1.41 bits per heavy atom. The number of fused-ring (bicyclic) bond motifs is 8. The lowest BCUT2D eigenvalue weighted by molar-refractivity contribution is -0.143. The smallest absolute Gasteiger partial charge is 0.306 e. The van der Waals surface area contributed by atoms with Gasteiger partial charge in [0.05, 0.1) is 29.4 Å². The number of carbonyl (C=O) groups excluding carboxylic acids is 1. The summed E-state index contributed by atoms with van der Waals surface area (Å²) in [5.41, 5.74) is 14.3. The van der Waals surface area contributed by atoms with Crippen molar-refractivity contribution in [1.29, 1.82) is 0 Å². The zero-order chi connectivity index (χ0) is 31.7. The maximum atomic E-state index is 12.3. The van der Waals surface area contributed by atoms with Gasteiger partial charge in [0.1, 0.15) is 0 Å². The van der Waals surface area contributed by atoms with E-state index in [0.717, 1.165) is 83.7 Å². The molecule has 226 valence electrons. The molecule has 0 unspecified atom stereocenters. The molecule has 3 N–H and O–H groups in total. The third-order valence-corrected chi connectivity index (χ3v) is 8.52. The van der Waals surface area contributed by atoms with Crippen molar-refractivity contribution in [1.82, 2.24) is 19.9 Å². The van der Waals surface area contributed by atoms with Crippen molar-refractivity contribution < 1.29 is 19.4 Å². The molecule has 0 atom stereocenters. The summed E-state index contributed by atoms with van der Waals surface area (Å²) in [6.07, 6.45) is 4.70. The Labute approximate surface area is 256 Å². The number of nitrogens with zero attached hydrogens (tertiary/aromatic N) is 2. The van der Waals surface area contributed by atoms with Gasteiger partial charge in [-0.05, 0) is 105 Å². The molecule has 8 bridgehead atoms. The van der Waals surface area contributed by atoms with Gasteiger partial charge in [-0.1, -0.05) is 25.3 Å². The maximum Gasteiger partial charge on any atom is 0.306 e. The van der Waals surface area contributed by atoms with E-state index in [1.165, 1.54) is 0 Å². The Morgan fingerprint density at radius 1 is 0.795 bits per heavy atom. The molecule has 2 aliphatic rings. The van der Waals surface area contributed by atoms with Crippen LogP contribution in [0.15, 0.2) is 43.5 Å². The van der Waals surface area contributed by atoms with Gasteiger partial charge in [0.25, 0.3) is 0 Å². The molecule has 5 heterocycles. The zero-order valence-corrected chi connectivity index (χ0v) is 26.0. The number of hydrogen-bond donors (Lipinski definition) is 3. The number of carboxylic acid groups (broad SMARTS) is 1. The largest absolute Gasteiger partial charge is 0.481 e. The summed E-state index contributed by atoms with van der Waals surface area (Å²) in [5, 5.41) is 9.50. The van der Waals surface area contributed by atoms with Crippen LogP contribution in [0.2, 0.25) is 0 Å². The summed E-state index contributed by atoms with van der Waals surface area (Å²) >= 11 is 0. The van der Waals surface area contributed by atoms with Crippen LogP contribution in [-0.2, 0) is 20.7 Å². The molecule has 0 radical (unpaired) electrons. The third-order valence-electron chi connectivity index (χ3n) is 8.52. The molecule has 0 saturated carbocycles. The maximum absolute atomic E-state index is 12.3. The standard InChI is InChI=1S/C36H38N4O4/c1-8-23-19(4)27-15-28-21(6)25(11-13-35(41)42)33(39-28)18-34-26(12-14-36(43)44-10-3)22(7)30(40-34)17-32-24(9-2)20(5)29(38-32)16-31(23)37-27/h8-9,15-18,37,40H,1-2,10-14H2,3-7H3,(H,41,42). The molecule has 8 nitrogen and oxygen atoms in total. The number of aromatic amines is 2. The average Bonchev–Trinajstić information content (AvgIpc) is 3.64. The van der Waals surface area contributed by atoms with Gasteiger partial charge in [-0.25, -0.2) is 9.97 Å². The van der Waals surface area contributed by atoms with E-state index in [1.807, 2.05) is 64.1 Å². The molecule has 44 heavy (non-hydrogen) atoms. The highest BCUT2D eigenvalue weighted by Gasteiger charge is 2.21. The van der Waals surface area contributed by atoms with E-state index in [0.29, 0.717) is 25.1 Å². The molecule has 2 aliphatic heterocycles. The Kier molecular flexibility index (Phi) is 8.54. The van der Waals surface area contributed by atoms with Crippen molar-refractivity contribution in [3.63, 3.8) is 0 Å². The van der Waals surface area contributed by atoms with Crippen molar-refractivity contribution in [2.45, 2.75) is 60.3 Å². The first-order valence-electron chi connectivity index (χ1n) is 14.8. The van der Waals surface area contributed by atoms with Crippen LogP contribution in [0.3, 0.4) is 0 Å². The van der Waals surface area contributed by atoms with Crippen LogP contribution in [0, 0.1) is 13.8 Å². The Bertz CT molecular complexity index is 1950. The summed E-state index contributed by atoms with van der Waals surface area (Å²) in [5.74, 6) is -1.12. The van der Waals surface area contributed by atoms with E-state index >= 15 is 0 Å². The van der Waals surface area contributed by atoms with Gasteiger partial charge >= 0.3 is 11.9 Å². The zero-order valence-electron chi connectivity index (χ0n) is 26.0. The normalized spacial score (nSPS) is 12.9. The number of rotatable bonds is 9. The lowest BCUT2D eigenvalue weighted by Gasteiger charge is -2.04. The highest BCUT2D eigenvalue weighted by Crippen LogP contribution is 2.36. The highest BCUT2D eigenvalue weighted by molar-refractivity contribution is 5.98. The summed E-state index contributed by atoms with van der Waals surface area (Å²) in [7, 11) is 0. The quantitative estimate of drug-likeness (QED) is 0.217. The number of nitrogens with one attached hydrogen (secondary N) is 2. The van der Waals surface area contributed by atoms with Crippen molar-refractivity contribution in [3.05, 3.63) is 88.5 Å². The molecule has 5 rings (SSSR count). The second-order valence-corrected chi connectivity index (χ2v) is 11.1. The van der Waals surface area contributed by atoms with Gasteiger partial charge in [-0.15, -0.1) is 0 Å². The molecule has 0 saturated heterocycles. The lowest BCUT2D eigenvalue weighted by atomic mass is 10.0. The molecule has 0 spiro atoms. The van der Waals surface area contributed by atoms with Crippen molar-refractivity contribution in [2.75, 3.05) is 6.61 Å². The van der Waals surface area contributed by atoms with Crippen LogP contribution in [0.1, 0.15) is 85.1 Å². The average molecular weight is 591 g/mol. The highest BCUT2D eigenvalue weighted by atomic mass is 16.5. The van der Waals surface area contributed by atoms with Crippen molar-refractivity contribution >= 4 is 62.4 Å². The fourth-order valence-corrected chi connectivity index (χ4v) is 6.00. The van der Waals surface area contributed by atoms with E-state index in [9.17, 15) is 14.7 Å². The number of aliphatic carboxylic acids is 1. The van der Waals surface area contributed by atoms with Crippen molar-refractivity contribution in [2.24, 2.45) is 0 Å². The van der Waals surface area contributed by atoms with Crippen LogP contribution < -0.4 is 0 Å². The molecule has 0 amide bonds. The number of allylic oxidation sites excluding steroid dienone is 5. The van der Waals surface area contributed by atoms with Crippen LogP contribution in [0.25, 0.3) is 50.4 Å². The second kappa shape index (κ2) is 12.3. The fourth-order valence-electron chi connectivity index (χ4n) is 6.00. The number of carboxylic acids is 1. The Hall–Kier alpha value is -4.98.